The van der Waals surface area contributed by atoms with Crippen LogP contribution in [-0.4, -0.2) is 23.2 Å². The van der Waals surface area contributed by atoms with E-state index in [1.165, 1.54) is 0 Å². The zero-order chi connectivity index (χ0) is 14.7. The zero-order valence-corrected chi connectivity index (χ0v) is 11.9. The summed E-state index contributed by atoms with van der Waals surface area (Å²) in [6, 6.07) is 7.74. The molecule has 0 saturated carbocycles. The number of fused-ring (bicyclic) bond motifs is 1. The zero-order valence-electron chi connectivity index (χ0n) is 11.9. The molecular formula is C15H18N4O2. The second-order valence-corrected chi connectivity index (χ2v) is 4.73. The highest BCUT2D eigenvalue weighted by Gasteiger charge is 2.18. The minimum Gasteiger partial charge on any atom is -0.494 e. The lowest BCUT2D eigenvalue weighted by Crippen LogP contribution is -2.19. The van der Waals surface area contributed by atoms with Gasteiger partial charge in [0.25, 0.3) is 0 Å². The highest BCUT2D eigenvalue weighted by atomic mass is 16.5. The molecule has 0 spiro atoms. The number of nitrogens with two attached hydrogens (primary N) is 1. The normalized spacial score (nSPS) is 13.6. The molecule has 1 aromatic carbocycles. The van der Waals surface area contributed by atoms with Gasteiger partial charge in [-0.05, 0) is 31.2 Å². The molecule has 0 unspecified atom stereocenters. The summed E-state index contributed by atoms with van der Waals surface area (Å²) in [5.41, 5.74) is 5.51. The number of nitrogens with zero attached hydrogens (tertiary/aromatic N) is 2. The molecule has 1 aromatic heterocycles. The minimum atomic E-state index is 0.498. The summed E-state index contributed by atoms with van der Waals surface area (Å²) >= 11 is 0. The van der Waals surface area contributed by atoms with Crippen molar-refractivity contribution in [2.45, 2.75) is 20.0 Å². The molecule has 2 heterocycles. The third kappa shape index (κ3) is 2.81. The van der Waals surface area contributed by atoms with Crippen LogP contribution in [0.3, 0.4) is 0 Å². The van der Waals surface area contributed by atoms with Crippen LogP contribution in [0.5, 0.6) is 5.75 Å². The number of ether oxygens (including phenoxy) is 2. The molecule has 0 atom stereocenters. The Morgan fingerprint density at radius 3 is 2.81 bits per heavy atom. The molecule has 6 nitrogen and oxygen atoms in total. The van der Waals surface area contributed by atoms with Crippen LogP contribution in [0.4, 0.5) is 5.82 Å². The van der Waals surface area contributed by atoms with Crippen LogP contribution in [0.1, 0.15) is 18.2 Å². The fraction of sp³-hybridized carbons (Fsp3) is 0.333. The van der Waals surface area contributed by atoms with Crippen molar-refractivity contribution in [1.82, 2.24) is 9.97 Å². The third-order valence-electron chi connectivity index (χ3n) is 3.38. The Balaban J connectivity index is 1.98. The van der Waals surface area contributed by atoms with Crippen LogP contribution in [0.2, 0.25) is 0 Å². The van der Waals surface area contributed by atoms with Crippen LogP contribution in [0.25, 0.3) is 11.4 Å². The van der Waals surface area contributed by atoms with Gasteiger partial charge in [0.2, 0.25) is 0 Å². The van der Waals surface area contributed by atoms with Gasteiger partial charge in [-0.3, -0.25) is 0 Å². The van der Waals surface area contributed by atoms with Crippen molar-refractivity contribution in [2.75, 3.05) is 18.6 Å². The highest BCUT2D eigenvalue weighted by Crippen LogP contribution is 2.26. The smallest absolute Gasteiger partial charge is 0.161 e. The van der Waals surface area contributed by atoms with Gasteiger partial charge in [-0.2, -0.15) is 0 Å². The average Bonchev–Trinajstić information content (AvgIpc) is 2.55. The number of aromatic nitrogens is 2. The van der Waals surface area contributed by atoms with Gasteiger partial charge in [0.15, 0.2) is 5.82 Å². The summed E-state index contributed by atoms with van der Waals surface area (Å²) in [5.74, 6) is 7.69. The highest BCUT2D eigenvalue weighted by molar-refractivity contribution is 5.60. The molecule has 0 amide bonds. The monoisotopic (exact) mass is 286 g/mol. The Hall–Kier alpha value is -2.18. The van der Waals surface area contributed by atoms with Crippen molar-refractivity contribution in [3.63, 3.8) is 0 Å². The van der Waals surface area contributed by atoms with Crippen molar-refractivity contribution in [3.05, 3.63) is 35.5 Å². The largest absolute Gasteiger partial charge is 0.494 e. The number of hydrogen-bond acceptors (Lipinski definition) is 6. The molecule has 1 aliphatic heterocycles. The van der Waals surface area contributed by atoms with Gasteiger partial charge in [0, 0.05) is 17.5 Å². The topological polar surface area (TPSA) is 82.3 Å². The fourth-order valence-corrected chi connectivity index (χ4v) is 2.35. The number of hydrazine groups is 1. The fourth-order valence-electron chi connectivity index (χ4n) is 2.35. The van der Waals surface area contributed by atoms with Gasteiger partial charge in [0.1, 0.15) is 11.6 Å². The first-order valence-electron chi connectivity index (χ1n) is 6.99. The van der Waals surface area contributed by atoms with E-state index < -0.39 is 0 Å². The van der Waals surface area contributed by atoms with E-state index >= 15 is 0 Å². The molecule has 21 heavy (non-hydrogen) atoms. The minimum absolute atomic E-state index is 0.498. The first-order valence-corrected chi connectivity index (χ1v) is 6.99. The van der Waals surface area contributed by atoms with E-state index in [4.69, 9.17) is 15.3 Å². The van der Waals surface area contributed by atoms with E-state index in [2.05, 4.69) is 15.4 Å². The van der Waals surface area contributed by atoms with Gasteiger partial charge in [0.05, 0.1) is 25.5 Å². The summed E-state index contributed by atoms with van der Waals surface area (Å²) in [4.78, 5) is 9.12. The number of nitrogens with one attached hydrogen (secondary N) is 1. The lowest BCUT2D eigenvalue weighted by atomic mass is 10.1. The van der Waals surface area contributed by atoms with Crippen molar-refractivity contribution in [3.8, 4) is 17.1 Å². The predicted octanol–water partition coefficient (Wildman–Crippen LogP) is 1.90. The molecule has 0 bridgehead atoms. The summed E-state index contributed by atoms with van der Waals surface area (Å²) in [7, 11) is 0. The lowest BCUT2D eigenvalue weighted by molar-refractivity contribution is 0.109. The maximum absolute atomic E-state index is 5.57. The summed E-state index contributed by atoms with van der Waals surface area (Å²) < 4.78 is 10.9. The van der Waals surface area contributed by atoms with E-state index in [1.807, 2.05) is 31.2 Å². The number of benzene rings is 1. The van der Waals surface area contributed by atoms with Crippen LogP contribution in [-0.2, 0) is 17.8 Å². The SMILES string of the molecule is CCOc1ccc(-c2nc3c(c(NN)n2)COCC3)cc1. The van der Waals surface area contributed by atoms with Gasteiger partial charge in [-0.15, -0.1) is 0 Å². The Morgan fingerprint density at radius 2 is 2.10 bits per heavy atom. The quantitative estimate of drug-likeness (QED) is 0.660. The summed E-state index contributed by atoms with van der Waals surface area (Å²) in [6.07, 6.45) is 0.774. The van der Waals surface area contributed by atoms with Crippen molar-refractivity contribution >= 4 is 5.82 Å². The Bertz CT molecular complexity index is 611. The van der Waals surface area contributed by atoms with Gasteiger partial charge >= 0.3 is 0 Å². The molecule has 1 aliphatic rings. The number of rotatable bonds is 4. The van der Waals surface area contributed by atoms with E-state index in [-0.39, 0.29) is 0 Å². The van der Waals surface area contributed by atoms with Crippen LogP contribution >= 0.6 is 0 Å². The molecule has 0 fully saturated rings. The molecule has 0 saturated heterocycles. The van der Waals surface area contributed by atoms with E-state index in [9.17, 15) is 0 Å². The Labute approximate surface area is 123 Å². The second kappa shape index (κ2) is 6.07. The first-order chi connectivity index (χ1) is 10.3. The van der Waals surface area contributed by atoms with Gasteiger partial charge in [-0.1, -0.05) is 0 Å². The van der Waals surface area contributed by atoms with E-state index in [0.29, 0.717) is 31.5 Å². The van der Waals surface area contributed by atoms with Crippen LogP contribution in [0, 0.1) is 0 Å². The number of anilines is 1. The molecule has 0 aliphatic carbocycles. The Kier molecular flexibility index (Phi) is 3.98. The van der Waals surface area contributed by atoms with Crippen molar-refractivity contribution in [1.29, 1.82) is 0 Å². The molecule has 0 radical (unpaired) electrons. The van der Waals surface area contributed by atoms with Gasteiger partial charge in [-0.25, -0.2) is 15.8 Å². The standard InChI is InChI=1S/C15H18N4O2/c1-2-21-11-5-3-10(4-6-11)14-17-13-7-8-20-9-12(13)15(18-14)19-16/h3-6H,2,7-9,16H2,1H3,(H,17,18,19). The molecular weight excluding hydrogens is 268 g/mol. The molecule has 2 aromatic rings. The predicted molar refractivity (Wildman–Crippen MR) is 79.8 cm³/mol. The maximum atomic E-state index is 5.57. The van der Waals surface area contributed by atoms with Crippen molar-refractivity contribution in [2.24, 2.45) is 5.84 Å². The third-order valence-corrected chi connectivity index (χ3v) is 3.38. The van der Waals surface area contributed by atoms with Crippen LogP contribution < -0.4 is 16.0 Å². The van der Waals surface area contributed by atoms with Crippen LogP contribution in [0.15, 0.2) is 24.3 Å². The molecule has 110 valence electrons. The lowest BCUT2D eigenvalue weighted by Gasteiger charge is -2.19. The first kappa shape index (κ1) is 13.8. The number of hydrogen-bond donors (Lipinski definition) is 2. The number of nitrogen functional groups attached to an aromatic ring is 1. The summed E-state index contributed by atoms with van der Waals surface area (Å²) in [6.45, 7) is 3.78. The second-order valence-electron chi connectivity index (χ2n) is 4.73. The molecule has 6 heteroatoms. The summed E-state index contributed by atoms with van der Waals surface area (Å²) in [5, 5.41) is 0. The average molecular weight is 286 g/mol. The molecule has 3 N–H and O–H groups in total. The van der Waals surface area contributed by atoms with Gasteiger partial charge < -0.3 is 14.9 Å². The van der Waals surface area contributed by atoms with E-state index in [1.54, 1.807) is 0 Å². The van der Waals surface area contributed by atoms with E-state index in [0.717, 1.165) is 29.0 Å². The molecule has 3 rings (SSSR count). The Morgan fingerprint density at radius 1 is 1.29 bits per heavy atom. The van der Waals surface area contributed by atoms with Crippen molar-refractivity contribution < 1.29 is 9.47 Å². The maximum Gasteiger partial charge on any atom is 0.161 e.